The van der Waals surface area contributed by atoms with Crippen LogP contribution in [0.5, 0.6) is 0 Å². The van der Waals surface area contributed by atoms with Crippen LogP contribution in [0.1, 0.15) is 18.1 Å². The fraction of sp³-hybridized carbons (Fsp3) is 0.375. The van der Waals surface area contributed by atoms with E-state index in [1.54, 1.807) is 6.07 Å². The average molecular weight is 221 g/mol. The third-order valence-electron chi connectivity index (χ3n) is 1.65. The molecule has 13 heavy (non-hydrogen) atoms. The number of aliphatic hydroxyl groups is 1. The number of rotatable bonds is 3. The minimum atomic E-state index is -0.669. The van der Waals surface area contributed by atoms with Crippen molar-refractivity contribution in [2.75, 3.05) is 6.54 Å². The van der Waals surface area contributed by atoms with Gasteiger partial charge in [0, 0.05) is 11.8 Å². The molecule has 0 aliphatic heterocycles. The molecule has 0 amide bonds. The third-order valence-corrected chi connectivity index (χ3v) is 2.17. The average Bonchev–Trinajstić information content (AvgIpc) is 2.09. The standard InChI is InChI=1S/C8H10Cl2N2O/c9-6-4-12-8(10)3-5(6)7(13)1-2-11/h3-4,7,13H,1-2,11H2. The van der Waals surface area contributed by atoms with Crippen molar-refractivity contribution in [3.63, 3.8) is 0 Å². The van der Waals surface area contributed by atoms with Crippen molar-refractivity contribution in [3.8, 4) is 0 Å². The van der Waals surface area contributed by atoms with E-state index in [-0.39, 0.29) is 0 Å². The molecule has 0 aliphatic rings. The van der Waals surface area contributed by atoms with E-state index >= 15 is 0 Å². The molecule has 5 heteroatoms. The molecule has 0 fully saturated rings. The van der Waals surface area contributed by atoms with Crippen molar-refractivity contribution in [2.24, 2.45) is 5.73 Å². The number of hydrogen-bond acceptors (Lipinski definition) is 3. The molecule has 1 heterocycles. The molecule has 72 valence electrons. The summed E-state index contributed by atoms with van der Waals surface area (Å²) < 4.78 is 0. The highest BCUT2D eigenvalue weighted by Gasteiger charge is 2.11. The van der Waals surface area contributed by atoms with Gasteiger partial charge in [-0.25, -0.2) is 4.98 Å². The lowest BCUT2D eigenvalue weighted by atomic mass is 10.1. The largest absolute Gasteiger partial charge is 0.388 e. The minimum Gasteiger partial charge on any atom is -0.388 e. The van der Waals surface area contributed by atoms with Gasteiger partial charge in [0.2, 0.25) is 0 Å². The molecule has 0 spiro atoms. The van der Waals surface area contributed by atoms with Crippen LogP contribution in [0.4, 0.5) is 0 Å². The Balaban J connectivity index is 2.91. The summed E-state index contributed by atoms with van der Waals surface area (Å²) in [7, 11) is 0. The Bertz CT molecular complexity index is 293. The number of nitrogens with two attached hydrogens (primary N) is 1. The van der Waals surface area contributed by atoms with Crippen molar-refractivity contribution in [1.82, 2.24) is 4.98 Å². The fourth-order valence-corrected chi connectivity index (χ4v) is 1.39. The van der Waals surface area contributed by atoms with Gasteiger partial charge in [-0.05, 0) is 19.0 Å². The molecule has 0 aliphatic carbocycles. The van der Waals surface area contributed by atoms with Crippen LogP contribution in [0.25, 0.3) is 0 Å². The van der Waals surface area contributed by atoms with Gasteiger partial charge < -0.3 is 10.8 Å². The topological polar surface area (TPSA) is 59.1 Å². The molecule has 0 aromatic carbocycles. The Hall–Kier alpha value is -0.350. The molecular formula is C8H10Cl2N2O. The van der Waals surface area contributed by atoms with Crippen LogP contribution < -0.4 is 5.73 Å². The normalized spacial score (nSPS) is 12.9. The van der Waals surface area contributed by atoms with Gasteiger partial charge in [-0.2, -0.15) is 0 Å². The minimum absolute atomic E-state index is 0.315. The Morgan fingerprint density at radius 1 is 1.54 bits per heavy atom. The molecule has 3 nitrogen and oxygen atoms in total. The zero-order valence-corrected chi connectivity index (χ0v) is 8.39. The van der Waals surface area contributed by atoms with E-state index in [4.69, 9.17) is 28.9 Å². The summed E-state index contributed by atoms with van der Waals surface area (Å²) in [5.74, 6) is 0. The molecular weight excluding hydrogens is 211 g/mol. The Labute approximate surface area is 86.5 Å². The summed E-state index contributed by atoms with van der Waals surface area (Å²) in [6.45, 7) is 0.400. The van der Waals surface area contributed by atoms with Gasteiger partial charge in [0.05, 0.1) is 11.1 Å². The first kappa shape index (κ1) is 10.7. The second-order valence-electron chi connectivity index (χ2n) is 2.62. The first-order valence-electron chi connectivity index (χ1n) is 3.84. The quantitative estimate of drug-likeness (QED) is 0.764. The summed E-state index contributed by atoms with van der Waals surface area (Å²) in [5.41, 5.74) is 5.88. The number of pyridine rings is 1. The number of nitrogens with zero attached hydrogens (tertiary/aromatic N) is 1. The smallest absolute Gasteiger partial charge is 0.129 e. The molecule has 1 rings (SSSR count). The third kappa shape index (κ3) is 2.81. The number of aliphatic hydroxyl groups excluding tert-OH is 1. The van der Waals surface area contributed by atoms with E-state index in [1.807, 2.05) is 0 Å². The van der Waals surface area contributed by atoms with Gasteiger partial charge in [-0.3, -0.25) is 0 Å². The predicted molar refractivity (Wildman–Crippen MR) is 52.9 cm³/mol. The number of hydrogen-bond donors (Lipinski definition) is 2. The van der Waals surface area contributed by atoms with Gasteiger partial charge in [0.15, 0.2) is 0 Å². The van der Waals surface area contributed by atoms with Crippen LogP contribution in [0.2, 0.25) is 10.2 Å². The first-order chi connectivity index (χ1) is 6.15. The van der Waals surface area contributed by atoms with Gasteiger partial charge in [-0.1, -0.05) is 23.2 Å². The van der Waals surface area contributed by atoms with Crippen LogP contribution >= 0.6 is 23.2 Å². The SMILES string of the molecule is NCCC(O)c1cc(Cl)ncc1Cl. The van der Waals surface area contributed by atoms with Gasteiger partial charge >= 0.3 is 0 Å². The van der Waals surface area contributed by atoms with Crippen LogP contribution in [0.15, 0.2) is 12.3 Å². The second-order valence-corrected chi connectivity index (χ2v) is 3.42. The lowest BCUT2D eigenvalue weighted by Crippen LogP contribution is -2.07. The van der Waals surface area contributed by atoms with Crippen LogP contribution in [0.3, 0.4) is 0 Å². The van der Waals surface area contributed by atoms with Crippen LogP contribution in [0, 0.1) is 0 Å². The predicted octanol–water partition coefficient (Wildman–Crippen LogP) is 1.77. The Morgan fingerprint density at radius 2 is 2.23 bits per heavy atom. The first-order valence-corrected chi connectivity index (χ1v) is 4.60. The number of halogens is 2. The van der Waals surface area contributed by atoms with Crippen molar-refractivity contribution in [3.05, 3.63) is 28.0 Å². The van der Waals surface area contributed by atoms with E-state index < -0.39 is 6.10 Å². The van der Waals surface area contributed by atoms with Gasteiger partial charge in [0.25, 0.3) is 0 Å². The van der Waals surface area contributed by atoms with Gasteiger partial charge in [0.1, 0.15) is 5.15 Å². The maximum Gasteiger partial charge on any atom is 0.129 e. The zero-order chi connectivity index (χ0) is 9.84. The molecule has 0 saturated heterocycles. The van der Waals surface area contributed by atoms with E-state index in [1.165, 1.54) is 6.20 Å². The lowest BCUT2D eigenvalue weighted by Gasteiger charge is -2.10. The van der Waals surface area contributed by atoms with Crippen molar-refractivity contribution >= 4 is 23.2 Å². The van der Waals surface area contributed by atoms with Crippen LogP contribution in [-0.2, 0) is 0 Å². The van der Waals surface area contributed by atoms with E-state index in [2.05, 4.69) is 4.98 Å². The summed E-state index contributed by atoms with van der Waals surface area (Å²) in [6, 6.07) is 1.55. The maximum absolute atomic E-state index is 9.57. The second kappa shape index (κ2) is 4.77. The van der Waals surface area contributed by atoms with Crippen molar-refractivity contribution in [2.45, 2.75) is 12.5 Å². The highest BCUT2D eigenvalue weighted by Crippen LogP contribution is 2.25. The van der Waals surface area contributed by atoms with Gasteiger partial charge in [-0.15, -0.1) is 0 Å². The molecule has 1 aromatic heterocycles. The lowest BCUT2D eigenvalue weighted by molar-refractivity contribution is 0.170. The Kier molecular flexibility index (Phi) is 3.93. The summed E-state index contributed by atoms with van der Waals surface area (Å²) >= 11 is 11.5. The Morgan fingerprint density at radius 3 is 2.85 bits per heavy atom. The zero-order valence-electron chi connectivity index (χ0n) is 6.87. The van der Waals surface area contributed by atoms with Crippen molar-refractivity contribution < 1.29 is 5.11 Å². The molecule has 3 N–H and O–H groups in total. The maximum atomic E-state index is 9.57. The molecule has 0 radical (unpaired) electrons. The van der Waals surface area contributed by atoms with E-state index in [9.17, 15) is 5.11 Å². The van der Waals surface area contributed by atoms with E-state index in [0.717, 1.165) is 0 Å². The summed E-state index contributed by atoms with van der Waals surface area (Å²) in [6.07, 6.45) is 1.21. The molecule has 1 unspecified atom stereocenters. The summed E-state index contributed by atoms with van der Waals surface area (Å²) in [4.78, 5) is 3.77. The fourth-order valence-electron chi connectivity index (χ4n) is 0.996. The molecule has 0 saturated carbocycles. The molecule has 1 atom stereocenters. The molecule has 0 bridgehead atoms. The van der Waals surface area contributed by atoms with Crippen molar-refractivity contribution in [1.29, 1.82) is 0 Å². The van der Waals surface area contributed by atoms with E-state index in [0.29, 0.717) is 28.7 Å². The summed E-state index contributed by atoms with van der Waals surface area (Å²) in [5, 5.41) is 10.3. The number of aromatic nitrogens is 1. The highest BCUT2D eigenvalue weighted by atomic mass is 35.5. The van der Waals surface area contributed by atoms with Crippen LogP contribution in [-0.4, -0.2) is 16.6 Å². The monoisotopic (exact) mass is 220 g/mol. The highest BCUT2D eigenvalue weighted by molar-refractivity contribution is 6.32. The molecule has 1 aromatic rings.